The van der Waals surface area contributed by atoms with Crippen LogP contribution in [-0.4, -0.2) is 68.0 Å². The maximum absolute atomic E-state index is 11.9. The Kier molecular flexibility index (Phi) is 5.23. The van der Waals surface area contributed by atoms with Crippen molar-refractivity contribution >= 4 is 21.5 Å². The number of aromatic amines is 1. The number of H-pyrrole nitrogens is 1. The maximum Gasteiger partial charge on any atom is 0.257 e. The van der Waals surface area contributed by atoms with Crippen LogP contribution < -0.4 is 14.9 Å². The molecule has 1 saturated heterocycles. The lowest BCUT2D eigenvalue weighted by Gasteiger charge is -2.28. The van der Waals surface area contributed by atoms with E-state index in [0.29, 0.717) is 25.6 Å². The monoisotopic (exact) mass is 353 g/mol. The minimum Gasteiger partial charge on any atom is -0.378 e. The van der Waals surface area contributed by atoms with Gasteiger partial charge in [0.1, 0.15) is 0 Å². The Morgan fingerprint density at radius 3 is 2.83 bits per heavy atom. The Balaban J connectivity index is 1.50. The molecule has 0 aromatic carbocycles. The third-order valence-corrected chi connectivity index (χ3v) is 4.89. The van der Waals surface area contributed by atoms with E-state index in [2.05, 4.69) is 35.1 Å². The van der Waals surface area contributed by atoms with Crippen molar-refractivity contribution in [2.75, 3.05) is 49.6 Å². The van der Waals surface area contributed by atoms with E-state index in [9.17, 15) is 8.42 Å². The SMILES string of the molecule is O=S(=O)(NCCNc1cc(N2CCOCC2)cnn1)c1cnc[nH]1. The number of morpholine rings is 1. The van der Waals surface area contributed by atoms with E-state index < -0.39 is 10.0 Å². The number of rotatable bonds is 7. The van der Waals surface area contributed by atoms with Gasteiger partial charge in [-0.25, -0.2) is 18.1 Å². The van der Waals surface area contributed by atoms with Gasteiger partial charge in [0.05, 0.1) is 37.6 Å². The zero-order valence-corrected chi connectivity index (χ0v) is 13.8. The molecule has 0 amide bonds. The molecule has 0 bridgehead atoms. The van der Waals surface area contributed by atoms with Crippen molar-refractivity contribution in [1.82, 2.24) is 24.9 Å². The summed E-state index contributed by atoms with van der Waals surface area (Å²) in [5.74, 6) is 0.597. The number of ether oxygens (including phenoxy) is 1. The minimum absolute atomic E-state index is 0.0385. The van der Waals surface area contributed by atoms with Gasteiger partial charge in [-0.2, -0.15) is 5.10 Å². The van der Waals surface area contributed by atoms with E-state index >= 15 is 0 Å². The lowest BCUT2D eigenvalue weighted by molar-refractivity contribution is 0.122. The summed E-state index contributed by atoms with van der Waals surface area (Å²) in [6.45, 7) is 3.62. The van der Waals surface area contributed by atoms with Crippen LogP contribution in [0.2, 0.25) is 0 Å². The normalized spacial score (nSPS) is 15.4. The number of sulfonamides is 1. The molecule has 0 atom stereocenters. The van der Waals surface area contributed by atoms with Gasteiger partial charge in [-0.05, 0) is 0 Å². The molecule has 3 rings (SSSR count). The van der Waals surface area contributed by atoms with Crippen molar-refractivity contribution in [3.05, 3.63) is 24.8 Å². The largest absolute Gasteiger partial charge is 0.378 e. The van der Waals surface area contributed by atoms with Crippen molar-refractivity contribution in [2.45, 2.75) is 5.03 Å². The molecule has 0 unspecified atom stereocenters. The van der Waals surface area contributed by atoms with Crippen LogP contribution in [-0.2, 0) is 14.8 Å². The van der Waals surface area contributed by atoms with Gasteiger partial charge < -0.3 is 19.9 Å². The van der Waals surface area contributed by atoms with Crippen LogP contribution in [0.15, 0.2) is 29.8 Å². The Hall–Kier alpha value is -2.24. The van der Waals surface area contributed by atoms with Crippen LogP contribution in [0.5, 0.6) is 0 Å². The zero-order valence-electron chi connectivity index (χ0n) is 13.0. The molecule has 1 aliphatic rings. The molecule has 2 aromatic rings. The van der Waals surface area contributed by atoms with E-state index in [0.717, 1.165) is 18.8 Å². The molecule has 11 heteroatoms. The van der Waals surface area contributed by atoms with E-state index in [1.54, 1.807) is 6.20 Å². The van der Waals surface area contributed by atoms with Gasteiger partial charge in [0.2, 0.25) is 0 Å². The van der Waals surface area contributed by atoms with Crippen LogP contribution in [0, 0.1) is 0 Å². The van der Waals surface area contributed by atoms with Crippen molar-refractivity contribution in [3.8, 4) is 0 Å². The summed E-state index contributed by atoms with van der Waals surface area (Å²) in [4.78, 5) is 8.43. The molecule has 130 valence electrons. The molecular weight excluding hydrogens is 334 g/mol. The molecule has 24 heavy (non-hydrogen) atoms. The Labute approximate surface area is 139 Å². The van der Waals surface area contributed by atoms with Crippen LogP contribution in [0.3, 0.4) is 0 Å². The molecule has 3 N–H and O–H groups in total. The molecular formula is C13H19N7O3S. The fourth-order valence-electron chi connectivity index (χ4n) is 2.28. The first-order chi connectivity index (χ1) is 11.6. The Morgan fingerprint density at radius 1 is 1.25 bits per heavy atom. The predicted octanol–water partition coefficient (Wildman–Crippen LogP) is -0.573. The van der Waals surface area contributed by atoms with Gasteiger partial charge in [0, 0.05) is 32.2 Å². The van der Waals surface area contributed by atoms with E-state index in [1.165, 1.54) is 12.5 Å². The number of aromatic nitrogens is 4. The molecule has 1 fully saturated rings. The number of hydrogen-bond donors (Lipinski definition) is 3. The fraction of sp³-hybridized carbons (Fsp3) is 0.462. The van der Waals surface area contributed by atoms with Gasteiger partial charge >= 0.3 is 0 Å². The summed E-state index contributed by atoms with van der Waals surface area (Å²) in [6, 6.07) is 1.89. The highest BCUT2D eigenvalue weighted by Crippen LogP contribution is 2.16. The molecule has 0 spiro atoms. The second-order valence-corrected chi connectivity index (χ2v) is 6.87. The van der Waals surface area contributed by atoms with Gasteiger partial charge in [0.15, 0.2) is 10.8 Å². The molecule has 0 radical (unpaired) electrons. The second kappa shape index (κ2) is 7.55. The summed E-state index contributed by atoms with van der Waals surface area (Å²) in [7, 11) is -3.56. The van der Waals surface area contributed by atoms with Crippen molar-refractivity contribution in [2.24, 2.45) is 0 Å². The van der Waals surface area contributed by atoms with Gasteiger partial charge in [-0.1, -0.05) is 0 Å². The lowest BCUT2D eigenvalue weighted by atomic mass is 10.3. The number of nitrogens with one attached hydrogen (secondary N) is 3. The van der Waals surface area contributed by atoms with E-state index in [4.69, 9.17) is 4.74 Å². The summed E-state index contributed by atoms with van der Waals surface area (Å²) in [6.07, 6.45) is 4.28. The molecule has 2 aromatic heterocycles. The fourth-order valence-corrected chi connectivity index (χ4v) is 3.21. The van der Waals surface area contributed by atoms with Gasteiger partial charge in [-0.3, -0.25) is 0 Å². The highest BCUT2D eigenvalue weighted by molar-refractivity contribution is 7.89. The quantitative estimate of drug-likeness (QED) is 0.565. The Bertz CT molecular complexity index is 745. The zero-order chi connectivity index (χ0) is 16.8. The molecule has 0 saturated carbocycles. The molecule has 1 aliphatic heterocycles. The number of imidazole rings is 1. The second-order valence-electron chi connectivity index (χ2n) is 5.14. The first kappa shape index (κ1) is 16.6. The standard InChI is InChI=1S/C13H19N7O3S/c21-24(22,13-9-14-10-16-13)18-2-1-15-12-7-11(8-17-19-12)20-3-5-23-6-4-20/h7-10,18H,1-6H2,(H,14,16)(H,15,19). The van der Waals surface area contributed by atoms with E-state index in [-0.39, 0.29) is 11.6 Å². The number of hydrogen-bond acceptors (Lipinski definition) is 8. The average molecular weight is 353 g/mol. The third kappa shape index (κ3) is 4.19. The van der Waals surface area contributed by atoms with Crippen molar-refractivity contribution < 1.29 is 13.2 Å². The maximum atomic E-state index is 11.9. The van der Waals surface area contributed by atoms with Gasteiger partial charge in [0.25, 0.3) is 10.0 Å². The molecule has 10 nitrogen and oxygen atoms in total. The first-order valence-electron chi connectivity index (χ1n) is 7.52. The van der Waals surface area contributed by atoms with Crippen molar-refractivity contribution in [1.29, 1.82) is 0 Å². The van der Waals surface area contributed by atoms with Crippen molar-refractivity contribution in [3.63, 3.8) is 0 Å². The Morgan fingerprint density at radius 2 is 2.08 bits per heavy atom. The summed E-state index contributed by atoms with van der Waals surface area (Å²) in [5.41, 5.74) is 0.967. The topological polar surface area (TPSA) is 125 Å². The average Bonchev–Trinajstić information content (AvgIpc) is 3.16. The number of nitrogens with zero attached hydrogens (tertiary/aromatic N) is 4. The summed E-state index contributed by atoms with van der Waals surface area (Å²) < 4.78 is 31.6. The first-order valence-corrected chi connectivity index (χ1v) is 9.01. The number of anilines is 2. The highest BCUT2D eigenvalue weighted by Gasteiger charge is 2.15. The highest BCUT2D eigenvalue weighted by atomic mass is 32.2. The third-order valence-electron chi connectivity index (χ3n) is 3.50. The van der Waals surface area contributed by atoms with Gasteiger partial charge in [-0.15, -0.1) is 5.10 Å². The predicted molar refractivity (Wildman–Crippen MR) is 87.3 cm³/mol. The minimum atomic E-state index is -3.56. The summed E-state index contributed by atoms with van der Waals surface area (Å²) >= 11 is 0. The van der Waals surface area contributed by atoms with Crippen LogP contribution in [0.25, 0.3) is 0 Å². The van der Waals surface area contributed by atoms with Crippen LogP contribution in [0.1, 0.15) is 0 Å². The van der Waals surface area contributed by atoms with Crippen LogP contribution in [0.4, 0.5) is 11.5 Å². The smallest absolute Gasteiger partial charge is 0.257 e. The van der Waals surface area contributed by atoms with E-state index in [1.807, 2.05) is 6.07 Å². The molecule has 0 aliphatic carbocycles. The lowest BCUT2D eigenvalue weighted by Crippen LogP contribution is -2.36. The summed E-state index contributed by atoms with van der Waals surface area (Å²) in [5, 5.41) is 11.1. The molecule has 3 heterocycles. The van der Waals surface area contributed by atoms with Crippen LogP contribution >= 0.6 is 0 Å².